The predicted molar refractivity (Wildman–Crippen MR) is 106 cm³/mol. The van der Waals surface area contributed by atoms with Gasteiger partial charge in [-0.2, -0.15) is 0 Å². The van der Waals surface area contributed by atoms with Crippen LogP contribution in [0.25, 0.3) is 10.9 Å². The lowest BCUT2D eigenvalue weighted by molar-refractivity contribution is 0.130. The van der Waals surface area contributed by atoms with Crippen molar-refractivity contribution in [3.05, 3.63) is 71.4 Å². The van der Waals surface area contributed by atoms with Crippen LogP contribution in [0.1, 0.15) is 49.4 Å². The van der Waals surface area contributed by atoms with Gasteiger partial charge in [0, 0.05) is 29.2 Å². The molecule has 1 unspecified atom stereocenters. The molecule has 1 heterocycles. The molecule has 0 bridgehead atoms. The van der Waals surface area contributed by atoms with Crippen molar-refractivity contribution in [1.82, 2.24) is 9.88 Å². The molecule has 1 aliphatic rings. The quantitative estimate of drug-likeness (QED) is 0.654. The van der Waals surface area contributed by atoms with E-state index in [1.807, 2.05) is 0 Å². The summed E-state index contributed by atoms with van der Waals surface area (Å²) in [7, 11) is 0. The molecule has 25 heavy (non-hydrogen) atoms. The molecule has 4 rings (SSSR count). The lowest BCUT2D eigenvalue weighted by atomic mass is 9.84. The summed E-state index contributed by atoms with van der Waals surface area (Å²) in [6.07, 6.45) is 6.90. The summed E-state index contributed by atoms with van der Waals surface area (Å²) >= 11 is 0. The Morgan fingerprint density at radius 1 is 1.12 bits per heavy atom. The summed E-state index contributed by atoms with van der Waals surface area (Å²) in [5, 5.41) is 1.43. The van der Waals surface area contributed by atoms with Crippen LogP contribution < -0.4 is 0 Å². The molecule has 3 aromatic rings. The third-order valence-corrected chi connectivity index (χ3v) is 5.86. The Kier molecular flexibility index (Phi) is 4.63. The molecule has 2 atom stereocenters. The number of hydrogen-bond donors (Lipinski definition) is 1. The minimum Gasteiger partial charge on any atom is -0.361 e. The van der Waals surface area contributed by atoms with Crippen molar-refractivity contribution in [3.63, 3.8) is 0 Å². The zero-order valence-corrected chi connectivity index (χ0v) is 15.3. The summed E-state index contributed by atoms with van der Waals surface area (Å²) < 4.78 is 0. The average molecular weight is 332 g/mol. The van der Waals surface area contributed by atoms with E-state index in [1.54, 1.807) is 11.1 Å². The molecule has 130 valence electrons. The highest BCUT2D eigenvalue weighted by Gasteiger charge is 2.28. The zero-order valence-electron chi connectivity index (χ0n) is 15.3. The second-order valence-electron chi connectivity index (χ2n) is 7.36. The largest absolute Gasteiger partial charge is 0.361 e. The number of nitrogens with one attached hydrogen (secondary N) is 1. The first-order valence-electron chi connectivity index (χ1n) is 9.66. The van der Waals surface area contributed by atoms with Gasteiger partial charge in [-0.05, 0) is 68.0 Å². The maximum Gasteiger partial charge on any atom is 0.0456 e. The highest BCUT2D eigenvalue weighted by Crippen LogP contribution is 2.33. The normalized spacial score (nSPS) is 18.4. The molecule has 0 radical (unpaired) electrons. The fraction of sp³-hybridized carbons (Fsp3) is 0.391. The molecular formula is C23H28N2. The van der Waals surface area contributed by atoms with Gasteiger partial charge in [-0.25, -0.2) is 0 Å². The summed E-state index contributed by atoms with van der Waals surface area (Å²) in [6, 6.07) is 18.9. The molecule has 0 amide bonds. The molecule has 0 spiro atoms. The maximum absolute atomic E-state index is 3.35. The third-order valence-electron chi connectivity index (χ3n) is 5.86. The van der Waals surface area contributed by atoms with Gasteiger partial charge in [0.25, 0.3) is 0 Å². The van der Waals surface area contributed by atoms with Crippen molar-refractivity contribution >= 4 is 10.9 Å². The van der Waals surface area contributed by atoms with Gasteiger partial charge in [0.1, 0.15) is 0 Å². The van der Waals surface area contributed by atoms with Gasteiger partial charge < -0.3 is 4.98 Å². The van der Waals surface area contributed by atoms with Gasteiger partial charge in [-0.15, -0.1) is 0 Å². The molecule has 2 heteroatoms. The SMILES string of the molecule is CCCN(C1CCc2c(ccc3[nH]ccc23)C1)[C@H](C)c1ccccc1. The van der Waals surface area contributed by atoms with E-state index in [2.05, 4.69) is 78.5 Å². The number of H-pyrrole nitrogens is 1. The Balaban J connectivity index is 1.61. The Hall–Kier alpha value is -2.06. The van der Waals surface area contributed by atoms with E-state index in [0.717, 1.165) is 0 Å². The van der Waals surface area contributed by atoms with Crippen molar-refractivity contribution < 1.29 is 0 Å². The highest BCUT2D eigenvalue weighted by molar-refractivity contribution is 5.84. The second kappa shape index (κ2) is 7.05. The van der Waals surface area contributed by atoms with E-state index in [1.165, 1.54) is 48.7 Å². The molecule has 0 aliphatic heterocycles. The molecule has 2 aromatic carbocycles. The van der Waals surface area contributed by atoms with E-state index < -0.39 is 0 Å². The predicted octanol–water partition coefficient (Wildman–Crippen LogP) is 5.50. The number of nitrogens with zero attached hydrogens (tertiary/aromatic N) is 1. The first-order chi connectivity index (χ1) is 12.3. The van der Waals surface area contributed by atoms with Crippen LogP contribution in [-0.4, -0.2) is 22.5 Å². The topological polar surface area (TPSA) is 19.0 Å². The van der Waals surface area contributed by atoms with E-state index in [0.29, 0.717) is 12.1 Å². The van der Waals surface area contributed by atoms with Crippen LogP contribution in [0.15, 0.2) is 54.7 Å². The summed E-state index contributed by atoms with van der Waals surface area (Å²) in [4.78, 5) is 6.09. The fourth-order valence-corrected chi connectivity index (χ4v) is 4.55. The van der Waals surface area contributed by atoms with Gasteiger partial charge in [0.2, 0.25) is 0 Å². The van der Waals surface area contributed by atoms with Crippen LogP contribution in [0.5, 0.6) is 0 Å². The molecule has 1 aliphatic carbocycles. The van der Waals surface area contributed by atoms with Crippen molar-refractivity contribution in [2.45, 2.75) is 51.6 Å². The van der Waals surface area contributed by atoms with Crippen LogP contribution in [-0.2, 0) is 12.8 Å². The molecule has 0 saturated heterocycles. The minimum absolute atomic E-state index is 0.476. The molecule has 1 aromatic heterocycles. The number of benzene rings is 2. The van der Waals surface area contributed by atoms with Gasteiger partial charge in [0.15, 0.2) is 0 Å². The first-order valence-corrected chi connectivity index (χ1v) is 9.66. The monoisotopic (exact) mass is 332 g/mol. The Bertz CT molecular complexity index is 834. The second-order valence-corrected chi connectivity index (χ2v) is 7.36. The summed E-state index contributed by atoms with van der Waals surface area (Å²) in [5.74, 6) is 0. The number of aryl methyl sites for hydroxylation is 1. The highest BCUT2D eigenvalue weighted by atomic mass is 15.2. The smallest absolute Gasteiger partial charge is 0.0456 e. The van der Waals surface area contributed by atoms with E-state index in [4.69, 9.17) is 0 Å². The van der Waals surface area contributed by atoms with Crippen molar-refractivity contribution in [1.29, 1.82) is 0 Å². The standard InChI is InChI=1S/C23H28N2/c1-3-15-25(17(2)18-7-5-4-6-8-18)20-10-11-21-19(16-20)9-12-23-22(21)13-14-24-23/h4-9,12-14,17,20,24H,3,10-11,15-16H2,1-2H3/t17-,20?/m1/s1. The minimum atomic E-state index is 0.476. The summed E-state index contributed by atoms with van der Waals surface area (Å²) in [6.45, 7) is 5.84. The van der Waals surface area contributed by atoms with Crippen LogP contribution in [0.2, 0.25) is 0 Å². The Labute approximate surface area is 150 Å². The van der Waals surface area contributed by atoms with Crippen molar-refractivity contribution in [3.8, 4) is 0 Å². The number of aromatic nitrogens is 1. The number of rotatable bonds is 5. The Morgan fingerprint density at radius 3 is 2.76 bits per heavy atom. The molecule has 2 nitrogen and oxygen atoms in total. The van der Waals surface area contributed by atoms with Crippen LogP contribution in [0, 0.1) is 0 Å². The van der Waals surface area contributed by atoms with Crippen LogP contribution >= 0.6 is 0 Å². The lowest BCUT2D eigenvalue weighted by Gasteiger charge is -2.39. The van der Waals surface area contributed by atoms with Gasteiger partial charge >= 0.3 is 0 Å². The van der Waals surface area contributed by atoms with Crippen LogP contribution in [0.3, 0.4) is 0 Å². The number of aromatic amines is 1. The number of hydrogen-bond acceptors (Lipinski definition) is 1. The molecule has 0 fully saturated rings. The van der Waals surface area contributed by atoms with Crippen molar-refractivity contribution in [2.75, 3.05) is 6.54 Å². The van der Waals surface area contributed by atoms with Crippen LogP contribution in [0.4, 0.5) is 0 Å². The number of fused-ring (bicyclic) bond motifs is 3. The zero-order chi connectivity index (χ0) is 17.2. The van der Waals surface area contributed by atoms with E-state index in [-0.39, 0.29) is 0 Å². The first kappa shape index (κ1) is 16.4. The van der Waals surface area contributed by atoms with E-state index in [9.17, 15) is 0 Å². The fourth-order valence-electron chi connectivity index (χ4n) is 4.55. The summed E-state index contributed by atoms with van der Waals surface area (Å²) in [5.41, 5.74) is 5.83. The maximum atomic E-state index is 3.35. The average Bonchev–Trinajstić information content (AvgIpc) is 3.15. The van der Waals surface area contributed by atoms with E-state index >= 15 is 0 Å². The third kappa shape index (κ3) is 3.11. The van der Waals surface area contributed by atoms with Gasteiger partial charge in [0.05, 0.1) is 0 Å². The van der Waals surface area contributed by atoms with Crippen molar-refractivity contribution in [2.24, 2.45) is 0 Å². The lowest BCUT2D eigenvalue weighted by Crippen LogP contribution is -2.41. The van der Waals surface area contributed by atoms with Gasteiger partial charge in [-0.1, -0.05) is 43.3 Å². The molecule has 0 saturated carbocycles. The van der Waals surface area contributed by atoms with Gasteiger partial charge in [-0.3, -0.25) is 4.90 Å². The molecular weight excluding hydrogens is 304 g/mol. The Morgan fingerprint density at radius 2 is 1.96 bits per heavy atom. The molecule has 1 N–H and O–H groups in total.